The minimum atomic E-state index is -0.675. The topological polar surface area (TPSA) is 49.3 Å². The van der Waals surface area contributed by atoms with Gasteiger partial charge in [-0.05, 0) is 38.0 Å². The Labute approximate surface area is 96.0 Å². The van der Waals surface area contributed by atoms with Crippen LogP contribution in [0.1, 0.15) is 39.5 Å². The molecule has 0 heterocycles. The highest BCUT2D eigenvalue weighted by Gasteiger charge is 2.42. The summed E-state index contributed by atoms with van der Waals surface area (Å²) in [6.07, 6.45) is 3.74. The number of rotatable bonds is 5. The fourth-order valence-electron chi connectivity index (χ4n) is 2.37. The van der Waals surface area contributed by atoms with Crippen LogP contribution in [0.25, 0.3) is 0 Å². The van der Waals surface area contributed by atoms with Crippen LogP contribution in [0.15, 0.2) is 0 Å². The normalized spacial score (nSPS) is 31.5. The molecule has 4 heteroatoms. The zero-order valence-electron chi connectivity index (χ0n) is 9.58. The Bertz CT molecular complexity index is 217. The van der Waals surface area contributed by atoms with E-state index in [2.05, 4.69) is 12.2 Å². The number of aliphatic carboxylic acids is 1. The quantitative estimate of drug-likeness (QED) is 0.761. The van der Waals surface area contributed by atoms with Gasteiger partial charge in [0.05, 0.1) is 0 Å². The third-order valence-electron chi connectivity index (χ3n) is 3.03. The Balaban J connectivity index is 2.66. The first kappa shape index (κ1) is 12.8. The van der Waals surface area contributed by atoms with Crippen LogP contribution < -0.4 is 5.32 Å². The summed E-state index contributed by atoms with van der Waals surface area (Å²) >= 11 is 1.89. The van der Waals surface area contributed by atoms with Crippen LogP contribution in [0.5, 0.6) is 0 Å². The molecule has 2 atom stereocenters. The Morgan fingerprint density at radius 1 is 1.60 bits per heavy atom. The summed E-state index contributed by atoms with van der Waals surface area (Å²) in [5.41, 5.74) is -0.653. The van der Waals surface area contributed by atoms with E-state index in [9.17, 15) is 9.90 Å². The van der Waals surface area contributed by atoms with E-state index in [0.717, 1.165) is 31.6 Å². The minimum Gasteiger partial charge on any atom is -0.480 e. The highest BCUT2D eigenvalue weighted by atomic mass is 32.2. The number of carbonyl (C=O) groups is 1. The van der Waals surface area contributed by atoms with Gasteiger partial charge in [-0.15, -0.1) is 0 Å². The molecule has 1 aliphatic carbocycles. The SMILES string of the molecule is CCNC1(C(=O)O)CCCC(SCC)C1. The predicted molar refractivity (Wildman–Crippen MR) is 64.4 cm³/mol. The second kappa shape index (κ2) is 5.75. The Kier molecular flexibility index (Phi) is 4.93. The molecule has 0 bridgehead atoms. The average Bonchev–Trinajstić information content (AvgIpc) is 2.19. The lowest BCUT2D eigenvalue weighted by molar-refractivity contribution is -0.146. The van der Waals surface area contributed by atoms with Gasteiger partial charge in [0.15, 0.2) is 0 Å². The van der Waals surface area contributed by atoms with Crippen molar-refractivity contribution in [3.8, 4) is 0 Å². The fraction of sp³-hybridized carbons (Fsp3) is 0.909. The van der Waals surface area contributed by atoms with Gasteiger partial charge in [-0.25, -0.2) is 0 Å². The highest BCUT2D eigenvalue weighted by molar-refractivity contribution is 7.99. The lowest BCUT2D eigenvalue weighted by Crippen LogP contribution is -2.55. The van der Waals surface area contributed by atoms with Crippen LogP contribution in [-0.2, 0) is 4.79 Å². The Morgan fingerprint density at radius 3 is 2.87 bits per heavy atom. The molecule has 1 aliphatic rings. The summed E-state index contributed by atoms with van der Waals surface area (Å²) in [6, 6.07) is 0. The first-order chi connectivity index (χ1) is 7.14. The number of nitrogens with one attached hydrogen (secondary N) is 1. The second-order valence-corrected chi connectivity index (χ2v) is 5.67. The molecule has 0 aromatic carbocycles. The smallest absolute Gasteiger partial charge is 0.323 e. The van der Waals surface area contributed by atoms with Crippen molar-refractivity contribution in [1.29, 1.82) is 0 Å². The van der Waals surface area contributed by atoms with E-state index in [4.69, 9.17) is 0 Å². The van der Waals surface area contributed by atoms with Crippen LogP contribution in [0, 0.1) is 0 Å². The summed E-state index contributed by atoms with van der Waals surface area (Å²) < 4.78 is 0. The molecule has 88 valence electrons. The summed E-state index contributed by atoms with van der Waals surface area (Å²) in [5.74, 6) is 0.401. The lowest BCUT2D eigenvalue weighted by atomic mass is 9.81. The maximum Gasteiger partial charge on any atom is 0.323 e. The van der Waals surface area contributed by atoms with Crippen molar-refractivity contribution in [1.82, 2.24) is 5.32 Å². The van der Waals surface area contributed by atoms with E-state index in [-0.39, 0.29) is 0 Å². The van der Waals surface area contributed by atoms with Gasteiger partial charge in [-0.1, -0.05) is 13.8 Å². The molecule has 1 rings (SSSR count). The van der Waals surface area contributed by atoms with Crippen molar-refractivity contribution in [3.05, 3.63) is 0 Å². The Morgan fingerprint density at radius 2 is 2.33 bits per heavy atom. The number of thioether (sulfide) groups is 1. The van der Waals surface area contributed by atoms with Gasteiger partial charge in [0, 0.05) is 5.25 Å². The van der Waals surface area contributed by atoms with Gasteiger partial charge >= 0.3 is 5.97 Å². The van der Waals surface area contributed by atoms with Crippen LogP contribution in [0.2, 0.25) is 0 Å². The standard InChI is InChI=1S/C11H21NO2S/c1-3-12-11(10(13)14)7-5-6-9(8-11)15-4-2/h9,12H,3-8H2,1-2H3,(H,13,14). The minimum absolute atomic E-state index is 0.513. The number of likely N-dealkylation sites (N-methyl/N-ethyl adjacent to an activating group) is 1. The fourth-order valence-corrected chi connectivity index (χ4v) is 3.58. The molecule has 2 unspecified atom stereocenters. The van der Waals surface area contributed by atoms with Crippen LogP contribution in [0.4, 0.5) is 0 Å². The second-order valence-electron chi connectivity index (χ2n) is 4.09. The molecule has 0 radical (unpaired) electrons. The third kappa shape index (κ3) is 3.11. The van der Waals surface area contributed by atoms with E-state index in [1.807, 2.05) is 18.7 Å². The van der Waals surface area contributed by atoms with E-state index < -0.39 is 11.5 Å². The van der Waals surface area contributed by atoms with E-state index >= 15 is 0 Å². The van der Waals surface area contributed by atoms with Gasteiger partial charge in [0.25, 0.3) is 0 Å². The number of hydrogen-bond acceptors (Lipinski definition) is 3. The highest BCUT2D eigenvalue weighted by Crippen LogP contribution is 2.35. The molecule has 0 aromatic rings. The predicted octanol–water partition coefficient (Wildman–Crippen LogP) is 2.11. The molecule has 1 saturated carbocycles. The van der Waals surface area contributed by atoms with Gasteiger partial charge in [-0.3, -0.25) is 4.79 Å². The van der Waals surface area contributed by atoms with Gasteiger partial charge in [0.2, 0.25) is 0 Å². The van der Waals surface area contributed by atoms with Crippen molar-refractivity contribution in [2.75, 3.05) is 12.3 Å². The molecule has 0 saturated heterocycles. The van der Waals surface area contributed by atoms with Crippen LogP contribution in [-0.4, -0.2) is 34.2 Å². The van der Waals surface area contributed by atoms with Crippen molar-refractivity contribution < 1.29 is 9.90 Å². The molecule has 0 amide bonds. The largest absolute Gasteiger partial charge is 0.480 e. The lowest BCUT2D eigenvalue weighted by Gasteiger charge is -2.37. The van der Waals surface area contributed by atoms with Crippen molar-refractivity contribution in [2.24, 2.45) is 0 Å². The Hall–Kier alpha value is -0.220. The monoisotopic (exact) mass is 231 g/mol. The number of hydrogen-bond donors (Lipinski definition) is 2. The molecule has 3 nitrogen and oxygen atoms in total. The molecule has 0 aromatic heterocycles. The van der Waals surface area contributed by atoms with Crippen molar-refractivity contribution >= 4 is 17.7 Å². The van der Waals surface area contributed by atoms with Crippen LogP contribution >= 0.6 is 11.8 Å². The maximum atomic E-state index is 11.3. The molecule has 0 aliphatic heterocycles. The van der Waals surface area contributed by atoms with E-state index in [0.29, 0.717) is 5.25 Å². The molecule has 2 N–H and O–H groups in total. The van der Waals surface area contributed by atoms with Gasteiger partial charge in [0.1, 0.15) is 5.54 Å². The number of carboxylic acid groups (broad SMARTS) is 1. The summed E-state index contributed by atoms with van der Waals surface area (Å²) in [7, 11) is 0. The zero-order chi connectivity index (χ0) is 11.3. The van der Waals surface area contributed by atoms with Gasteiger partial charge in [-0.2, -0.15) is 11.8 Å². The molecule has 15 heavy (non-hydrogen) atoms. The first-order valence-electron chi connectivity index (χ1n) is 5.74. The van der Waals surface area contributed by atoms with Crippen LogP contribution in [0.3, 0.4) is 0 Å². The van der Waals surface area contributed by atoms with E-state index in [1.54, 1.807) is 0 Å². The van der Waals surface area contributed by atoms with Gasteiger partial charge < -0.3 is 10.4 Å². The average molecular weight is 231 g/mol. The summed E-state index contributed by atoms with van der Waals surface area (Å²) in [5, 5.41) is 13.0. The zero-order valence-corrected chi connectivity index (χ0v) is 10.4. The van der Waals surface area contributed by atoms with Crippen molar-refractivity contribution in [2.45, 2.75) is 50.3 Å². The maximum absolute atomic E-state index is 11.3. The van der Waals surface area contributed by atoms with Crippen molar-refractivity contribution in [3.63, 3.8) is 0 Å². The molecular weight excluding hydrogens is 210 g/mol. The molecule has 1 fully saturated rings. The molecule has 0 spiro atoms. The number of carboxylic acids is 1. The third-order valence-corrected chi connectivity index (χ3v) is 4.24. The first-order valence-corrected chi connectivity index (χ1v) is 6.79. The molecular formula is C11H21NO2S. The van der Waals surface area contributed by atoms with E-state index in [1.165, 1.54) is 6.42 Å². The summed E-state index contributed by atoms with van der Waals surface area (Å²) in [6.45, 7) is 4.84. The summed E-state index contributed by atoms with van der Waals surface area (Å²) in [4.78, 5) is 11.3.